The van der Waals surface area contributed by atoms with Crippen LogP contribution in [0.1, 0.15) is 31.7 Å². The minimum atomic E-state index is 0.528. The molecule has 0 spiro atoms. The number of ether oxygens (including phenoxy) is 1. The van der Waals surface area contributed by atoms with Gasteiger partial charge in [0, 0.05) is 0 Å². The van der Waals surface area contributed by atoms with Gasteiger partial charge in [0.2, 0.25) is 0 Å². The first-order valence-electron chi connectivity index (χ1n) is 11.2. The van der Waals surface area contributed by atoms with E-state index >= 15 is 0 Å². The molecule has 1 heteroatoms. The summed E-state index contributed by atoms with van der Waals surface area (Å²) in [6.45, 7) is 6.47. The van der Waals surface area contributed by atoms with Crippen LogP contribution in [0.4, 0.5) is 0 Å². The van der Waals surface area contributed by atoms with E-state index in [1.165, 1.54) is 64.3 Å². The van der Waals surface area contributed by atoms with Crippen LogP contribution in [0.5, 0.6) is 5.75 Å². The molecular formula is C30H30O. The second kappa shape index (κ2) is 10.1. The maximum absolute atomic E-state index is 5.57. The van der Waals surface area contributed by atoms with Crippen LogP contribution in [-0.4, -0.2) is 6.61 Å². The first kappa shape index (κ1) is 20.9. The number of aryl methyl sites for hydroxylation is 1. The lowest BCUT2D eigenvalue weighted by molar-refractivity contribution is 0.363. The van der Waals surface area contributed by atoms with Gasteiger partial charge in [-0.2, -0.15) is 0 Å². The van der Waals surface area contributed by atoms with Crippen LogP contribution in [0.15, 0.2) is 97.6 Å². The van der Waals surface area contributed by atoms with E-state index in [9.17, 15) is 0 Å². The molecule has 0 radical (unpaired) electrons. The van der Waals surface area contributed by atoms with Gasteiger partial charge < -0.3 is 4.74 Å². The van der Waals surface area contributed by atoms with Crippen molar-refractivity contribution in [2.75, 3.05) is 6.61 Å². The molecule has 0 heterocycles. The molecule has 1 nitrogen and oxygen atoms in total. The Balaban J connectivity index is 1.50. The van der Waals surface area contributed by atoms with Crippen molar-refractivity contribution in [1.82, 2.24) is 0 Å². The molecule has 0 atom stereocenters. The van der Waals surface area contributed by atoms with E-state index in [-0.39, 0.29) is 0 Å². The molecule has 0 fully saturated rings. The molecule has 0 saturated carbocycles. The van der Waals surface area contributed by atoms with E-state index in [2.05, 4.69) is 86.3 Å². The van der Waals surface area contributed by atoms with Crippen molar-refractivity contribution in [2.24, 2.45) is 0 Å². The Labute approximate surface area is 186 Å². The first-order valence-corrected chi connectivity index (χ1v) is 11.2. The minimum absolute atomic E-state index is 0.528. The van der Waals surface area contributed by atoms with Crippen LogP contribution in [0.25, 0.3) is 33.0 Å². The van der Waals surface area contributed by atoms with E-state index in [0.29, 0.717) is 6.61 Å². The Kier molecular flexibility index (Phi) is 6.84. The van der Waals surface area contributed by atoms with Crippen LogP contribution >= 0.6 is 0 Å². The Bertz CT molecular complexity index is 1140. The number of hydrogen-bond donors (Lipinski definition) is 0. The van der Waals surface area contributed by atoms with Gasteiger partial charge in [0.1, 0.15) is 12.4 Å². The van der Waals surface area contributed by atoms with E-state index in [0.717, 1.165) is 5.75 Å². The number of hydrogen-bond acceptors (Lipinski definition) is 1. The van der Waals surface area contributed by atoms with E-state index in [1.807, 2.05) is 12.1 Å². The van der Waals surface area contributed by atoms with E-state index < -0.39 is 0 Å². The van der Waals surface area contributed by atoms with Gasteiger partial charge in [-0.05, 0) is 69.6 Å². The van der Waals surface area contributed by atoms with Crippen molar-refractivity contribution in [3.63, 3.8) is 0 Å². The van der Waals surface area contributed by atoms with Crippen molar-refractivity contribution < 1.29 is 4.74 Å². The summed E-state index contributed by atoms with van der Waals surface area (Å²) in [5.74, 6) is 0.866. The minimum Gasteiger partial charge on any atom is -0.490 e. The molecule has 0 amide bonds. The highest BCUT2D eigenvalue weighted by molar-refractivity contribution is 5.88. The summed E-state index contributed by atoms with van der Waals surface area (Å²) in [6.07, 6.45) is 6.78. The van der Waals surface area contributed by atoms with Gasteiger partial charge in [-0.1, -0.05) is 99.2 Å². The zero-order valence-corrected chi connectivity index (χ0v) is 18.3. The maximum atomic E-state index is 5.57. The second-order valence-corrected chi connectivity index (χ2v) is 8.05. The lowest BCUT2D eigenvalue weighted by atomic mass is 9.97. The fraction of sp³-hybridized carbons (Fsp3) is 0.200. The molecule has 4 aromatic carbocycles. The molecule has 0 unspecified atom stereocenters. The van der Waals surface area contributed by atoms with E-state index in [4.69, 9.17) is 4.74 Å². The predicted molar refractivity (Wildman–Crippen MR) is 134 cm³/mol. The molecule has 0 aliphatic heterocycles. The Morgan fingerprint density at radius 2 is 1.26 bits per heavy atom. The molecule has 0 aliphatic rings. The van der Waals surface area contributed by atoms with Gasteiger partial charge in [0.25, 0.3) is 0 Å². The maximum Gasteiger partial charge on any atom is 0.119 e. The van der Waals surface area contributed by atoms with Crippen molar-refractivity contribution in [2.45, 2.75) is 32.6 Å². The normalized spacial score (nSPS) is 10.9. The molecule has 0 aromatic heterocycles. The third-order valence-corrected chi connectivity index (χ3v) is 5.75. The summed E-state index contributed by atoms with van der Waals surface area (Å²) in [4.78, 5) is 0. The third kappa shape index (κ3) is 5.24. The molecule has 156 valence electrons. The van der Waals surface area contributed by atoms with E-state index in [1.54, 1.807) is 6.08 Å². The smallest absolute Gasteiger partial charge is 0.119 e. The lowest BCUT2D eigenvalue weighted by Gasteiger charge is -2.09. The van der Waals surface area contributed by atoms with Crippen LogP contribution in [0.2, 0.25) is 0 Å². The van der Waals surface area contributed by atoms with Crippen molar-refractivity contribution in [3.05, 3.63) is 103 Å². The quantitative estimate of drug-likeness (QED) is 0.200. The van der Waals surface area contributed by atoms with Gasteiger partial charge in [-0.3, -0.25) is 0 Å². The molecule has 0 bridgehead atoms. The molecule has 4 aromatic rings. The Morgan fingerprint density at radius 3 is 1.94 bits per heavy atom. The zero-order valence-electron chi connectivity index (χ0n) is 18.3. The van der Waals surface area contributed by atoms with Gasteiger partial charge in [-0.25, -0.2) is 0 Å². The van der Waals surface area contributed by atoms with Crippen LogP contribution in [0, 0.1) is 0 Å². The lowest BCUT2D eigenvalue weighted by Crippen LogP contribution is -1.92. The molecule has 0 aliphatic carbocycles. The number of unbranched alkanes of at least 4 members (excludes halogenated alkanes) is 2. The summed E-state index contributed by atoms with van der Waals surface area (Å²) in [7, 11) is 0. The third-order valence-electron chi connectivity index (χ3n) is 5.75. The molecular weight excluding hydrogens is 376 g/mol. The summed E-state index contributed by atoms with van der Waals surface area (Å²) < 4.78 is 5.57. The average Bonchev–Trinajstić information content (AvgIpc) is 2.83. The monoisotopic (exact) mass is 406 g/mol. The van der Waals surface area contributed by atoms with Crippen molar-refractivity contribution in [1.29, 1.82) is 0 Å². The highest BCUT2D eigenvalue weighted by Gasteiger charge is 2.04. The fourth-order valence-electron chi connectivity index (χ4n) is 3.96. The van der Waals surface area contributed by atoms with Gasteiger partial charge in [0.05, 0.1) is 0 Å². The standard InChI is InChI=1S/C30H30O/c1-3-5-6-7-23-8-9-29-22-28(15-14-27(29)21-23)26-12-10-24(11-13-26)25-16-18-30(19-17-25)31-20-4-2/h4,8-19,21-22H,2-3,5-7,20H2,1H3. The topological polar surface area (TPSA) is 9.23 Å². The molecule has 0 saturated heterocycles. The number of fused-ring (bicyclic) bond motifs is 1. The van der Waals surface area contributed by atoms with Crippen molar-refractivity contribution in [3.8, 4) is 28.0 Å². The van der Waals surface area contributed by atoms with Gasteiger partial charge in [0.15, 0.2) is 0 Å². The summed E-state index contributed by atoms with van der Waals surface area (Å²) >= 11 is 0. The van der Waals surface area contributed by atoms with Gasteiger partial charge >= 0.3 is 0 Å². The molecule has 0 N–H and O–H groups in total. The largest absolute Gasteiger partial charge is 0.490 e. The summed E-state index contributed by atoms with van der Waals surface area (Å²) in [5.41, 5.74) is 6.33. The first-order chi connectivity index (χ1) is 15.3. The number of benzene rings is 4. The number of rotatable bonds is 9. The van der Waals surface area contributed by atoms with Crippen LogP contribution in [0.3, 0.4) is 0 Å². The van der Waals surface area contributed by atoms with Gasteiger partial charge in [-0.15, -0.1) is 0 Å². The summed E-state index contributed by atoms with van der Waals surface area (Å²) in [5, 5.41) is 2.63. The Hall–Kier alpha value is -3.32. The molecule has 31 heavy (non-hydrogen) atoms. The Morgan fingerprint density at radius 1 is 0.677 bits per heavy atom. The van der Waals surface area contributed by atoms with Crippen LogP contribution < -0.4 is 4.74 Å². The highest BCUT2D eigenvalue weighted by Crippen LogP contribution is 2.29. The second-order valence-electron chi connectivity index (χ2n) is 8.05. The van der Waals surface area contributed by atoms with Crippen LogP contribution in [-0.2, 0) is 6.42 Å². The SMILES string of the molecule is C=CCOc1ccc(-c2ccc(-c3ccc4cc(CCCCC)ccc4c3)cc2)cc1. The predicted octanol–water partition coefficient (Wildman–Crippen LogP) is 8.47. The molecule has 4 rings (SSSR count). The average molecular weight is 407 g/mol. The fourth-order valence-corrected chi connectivity index (χ4v) is 3.96. The highest BCUT2D eigenvalue weighted by atomic mass is 16.5. The zero-order chi connectivity index (χ0) is 21.5. The van der Waals surface area contributed by atoms with Crippen molar-refractivity contribution >= 4 is 10.8 Å². The summed E-state index contributed by atoms with van der Waals surface area (Å²) in [6, 6.07) is 30.7.